The van der Waals surface area contributed by atoms with Crippen LogP contribution < -0.4 is 10.6 Å². The molecule has 0 heterocycles. The van der Waals surface area contributed by atoms with Gasteiger partial charge in [0.15, 0.2) is 0 Å². The van der Waals surface area contributed by atoms with Crippen molar-refractivity contribution in [3.63, 3.8) is 0 Å². The molecule has 19 heavy (non-hydrogen) atoms. The van der Waals surface area contributed by atoms with E-state index < -0.39 is 5.41 Å². The number of rotatable bonds is 5. The topological polar surface area (TPSA) is 55.6 Å². The molecule has 0 aliphatic carbocycles. The van der Waals surface area contributed by atoms with Crippen molar-refractivity contribution in [1.82, 2.24) is 0 Å². The Balaban J connectivity index is 2.81. The van der Waals surface area contributed by atoms with Crippen LogP contribution in [0.2, 0.25) is 0 Å². The van der Waals surface area contributed by atoms with Gasteiger partial charge in [0.25, 0.3) is 0 Å². The second-order valence-electron chi connectivity index (χ2n) is 5.14. The number of benzene rings is 1. The highest BCUT2D eigenvalue weighted by Gasteiger charge is 2.30. The number of nitrogens with zero attached hydrogens (tertiary/aromatic N) is 1. The van der Waals surface area contributed by atoms with E-state index in [0.717, 1.165) is 11.3 Å². The van der Waals surface area contributed by atoms with Crippen molar-refractivity contribution in [3.8, 4) is 0 Å². The Morgan fingerprint density at radius 3 is 2.32 bits per heavy atom. The van der Waals surface area contributed by atoms with Gasteiger partial charge in [-0.1, -0.05) is 12.2 Å². The van der Waals surface area contributed by atoms with Gasteiger partial charge in [0.1, 0.15) is 4.99 Å². The van der Waals surface area contributed by atoms with Gasteiger partial charge in [-0.15, -0.1) is 0 Å². The van der Waals surface area contributed by atoms with Crippen molar-refractivity contribution in [2.24, 2.45) is 11.1 Å². The van der Waals surface area contributed by atoms with E-state index in [2.05, 4.69) is 0 Å². The molecule has 0 radical (unpaired) electrons. The number of esters is 1. The zero-order chi connectivity index (χ0) is 14.6. The normalized spacial score (nSPS) is 10.9. The molecule has 1 aromatic carbocycles. The molecule has 0 atom stereocenters. The van der Waals surface area contributed by atoms with Gasteiger partial charge >= 0.3 is 5.97 Å². The number of nitrogens with two attached hydrogens (primary N) is 1. The highest BCUT2D eigenvalue weighted by atomic mass is 32.1. The molecule has 0 aliphatic heterocycles. The molecule has 0 saturated heterocycles. The van der Waals surface area contributed by atoms with Crippen LogP contribution in [0.15, 0.2) is 24.3 Å². The lowest BCUT2D eigenvalue weighted by atomic mass is 9.93. The average molecular weight is 280 g/mol. The highest BCUT2D eigenvalue weighted by Crippen LogP contribution is 2.22. The van der Waals surface area contributed by atoms with Gasteiger partial charge in [-0.2, -0.15) is 0 Å². The van der Waals surface area contributed by atoms with Crippen LogP contribution in [-0.2, 0) is 9.53 Å². The van der Waals surface area contributed by atoms with Crippen molar-refractivity contribution in [2.45, 2.75) is 13.8 Å². The Hall–Kier alpha value is -1.62. The molecule has 0 bridgehead atoms. The molecular weight excluding hydrogens is 260 g/mol. The fourth-order valence-electron chi connectivity index (χ4n) is 1.91. The summed E-state index contributed by atoms with van der Waals surface area (Å²) in [7, 11) is 3.33. The second-order valence-corrected chi connectivity index (χ2v) is 5.58. The molecule has 0 aliphatic rings. The fourth-order valence-corrected chi connectivity index (χ4v) is 2.04. The summed E-state index contributed by atoms with van der Waals surface area (Å²) in [4.78, 5) is 14.0. The van der Waals surface area contributed by atoms with E-state index in [1.165, 1.54) is 7.11 Å². The molecule has 0 saturated carbocycles. The summed E-state index contributed by atoms with van der Waals surface area (Å²) >= 11 is 4.91. The highest BCUT2D eigenvalue weighted by molar-refractivity contribution is 7.80. The maximum Gasteiger partial charge on any atom is 0.313 e. The molecule has 0 unspecified atom stereocenters. The summed E-state index contributed by atoms with van der Waals surface area (Å²) in [5, 5.41) is 0. The molecule has 0 fully saturated rings. The van der Waals surface area contributed by atoms with Crippen LogP contribution >= 0.6 is 12.2 Å². The summed E-state index contributed by atoms with van der Waals surface area (Å²) in [5.74, 6) is -0.223. The Kier molecular flexibility index (Phi) is 4.89. The first-order valence-corrected chi connectivity index (χ1v) is 6.38. The van der Waals surface area contributed by atoms with E-state index in [1.54, 1.807) is 0 Å². The van der Waals surface area contributed by atoms with Crippen molar-refractivity contribution >= 4 is 28.9 Å². The molecule has 1 aromatic rings. The molecule has 0 spiro atoms. The van der Waals surface area contributed by atoms with E-state index in [1.807, 2.05) is 50.1 Å². The Bertz CT molecular complexity index is 469. The predicted molar refractivity (Wildman–Crippen MR) is 81.4 cm³/mol. The van der Waals surface area contributed by atoms with Crippen LogP contribution in [0.1, 0.15) is 19.4 Å². The van der Waals surface area contributed by atoms with Gasteiger partial charge in [0.2, 0.25) is 0 Å². The number of anilines is 1. The minimum absolute atomic E-state index is 0.223. The van der Waals surface area contributed by atoms with Gasteiger partial charge in [-0.05, 0) is 38.1 Å². The minimum Gasteiger partial charge on any atom is -0.469 e. The van der Waals surface area contributed by atoms with Gasteiger partial charge < -0.3 is 15.4 Å². The first-order chi connectivity index (χ1) is 8.77. The third-order valence-electron chi connectivity index (χ3n) is 2.96. The number of carbonyl (C=O) groups excluding carboxylic acids is 1. The van der Waals surface area contributed by atoms with Crippen LogP contribution in [0.5, 0.6) is 0 Å². The van der Waals surface area contributed by atoms with Crippen LogP contribution in [0.4, 0.5) is 5.69 Å². The minimum atomic E-state index is -0.564. The largest absolute Gasteiger partial charge is 0.469 e. The van der Waals surface area contributed by atoms with Crippen LogP contribution in [0, 0.1) is 5.41 Å². The Morgan fingerprint density at radius 2 is 1.89 bits per heavy atom. The number of ether oxygens (including phenoxy) is 1. The van der Waals surface area contributed by atoms with Crippen molar-refractivity contribution in [1.29, 1.82) is 0 Å². The summed E-state index contributed by atoms with van der Waals surface area (Å²) in [6, 6.07) is 7.61. The first-order valence-electron chi connectivity index (χ1n) is 5.97. The van der Waals surface area contributed by atoms with E-state index in [0.29, 0.717) is 11.5 Å². The molecule has 4 nitrogen and oxygen atoms in total. The number of methoxy groups -OCH3 is 1. The van der Waals surface area contributed by atoms with Gasteiger partial charge in [0.05, 0.1) is 12.5 Å². The summed E-state index contributed by atoms with van der Waals surface area (Å²) < 4.78 is 4.80. The molecular formula is C14H20N2O2S. The third-order valence-corrected chi connectivity index (χ3v) is 3.20. The maximum absolute atomic E-state index is 11.7. The quantitative estimate of drug-likeness (QED) is 0.660. The van der Waals surface area contributed by atoms with E-state index in [-0.39, 0.29) is 5.97 Å². The molecule has 5 heteroatoms. The molecule has 2 N–H and O–H groups in total. The fraction of sp³-hybridized carbons (Fsp3) is 0.429. The Labute approximate surface area is 119 Å². The lowest BCUT2D eigenvalue weighted by Gasteiger charge is -2.29. The van der Waals surface area contributed by atoms with E-state index >= 15 is 0 Å². The van der Waals surface area contributed by atoms with Gasteiger partial charge in [-0.25, -0.2) is 0 Å². The van der Waals surface area contributed by atoms with Crippen molar-refractivity contribution in [2.75, 3.05) is 25.6 Å². The van der Waals surface area contributed by atoms with E-state index in [4.69, 9.17) is 22.7 Å². The predicted octanol–water partition coefficient (Wildman–Crippen LogP) is 1.96. The first kappa shape index (κ1) is 15.4. The molecule has 1 rings (SSSR count). The smallest absolute Gasteiger partial charge is 0.313 e. The van der Waals surface area contributed by atoms with Gasteiger partial charge in [0, 0.05) is 24.8 Å². The second kappa shape index (κ2) is 6.02. The zero-order valence-corrected chi connectivity index (χ0v) is 12.6. The molecule has 0 aromatic heterocycles. The van der Waals surface area contributed by atoms with E-state index in [9.17, 15) is 4.79 Å². The van der Waals surface area contributed by atoms with Crippen molar-refractivity contribution in [3.05, 3.63) is 29.8 Å². The summed E-state index contributed by atoms with van der Waals surface area (Å²) in [6.07, 6.45) is 0. The van der Waals surface area contributed by atoms with Crippen LogP contribution in [0.25, 0.3) is 0 Å². The average Bonchev–Trinajstić information content (AvgIpc) is 2.37. The van der Waals surface area contributed by atoms with Crippen LogP contribution in [-0.4, -0.2) is 31.7 Å². The number of carbonyl (C=O) groups is 1. The number of thiocarbonyl (C=S) groups is 1. The maximum atomic E-state index is 11.7. The molecule has 0 amide bonds. The lowest BCUT2D eigenvalue weighted by Crippen LogP contribution is -2.38. The monoisotopic (exact) mass is 280 g/mol. The number of hydrogen-bond acceptors (Lipinski definition) is 4. The van der Waals surface area contributed by atoms with Crippen LogP contribution in [0.3, 0.4) is 0 Å². The summed E-state index contributed by atoms with van der Waals surface area (Å²) in [6.45, 7) is 4.28. The molecule has 104 valence electrons. The standard InChI is InChI=1S/C14H20N2O2S/c1-14(2,13(17)18-4)9-16(3)11-7-5-10(6-8-11)12(15)19/h5-8H,9H2,1-4H3,(H2,15,19). The number of hydrogen-bond donors (Lipinski definition) is 1. The Morgan fingerprint density at radius 1 is 1.37 bits per heavy atom. The summed E-state index contributed by atoms with van der Waals surface area (Å²) in [5.41, 5.74) is 6.82. The van der Waals surface area contributed by atoms with Crippen molar-refractivity contribution < 1.29 is 9.53 Å². The lowest BCUT2D eigenvalue weighted by molar-refractivity contribution is -0.150. The third kappa shape index (κ3) is 3.92. The zero-order valence-electron chi connectivity index (χ0n) is 11.8. The van der Waals surface area contributed by atoms with Gasteiger partial charge in [-0.3, -0.25) is 4.79 Å². The SMILES string of the molecule is COC(=O)C(C)(C)CN(C)c1ccc(C(N)=S)cc1.